The Morgan fingerprint density at radius 3 is 2.56 bits per heavy atom. The van der Waals surface area contributed by atoms with Gasteiger partial charge in [0.1, 0.15) is 0 Å². The van der Waals surface area contributed by atoms with Gasteiger partial charge < -0.3 is 10.2 Å². The quantitative estimate of drug-likeness (QED) is 0.890. The Balaban J connectivity index is 1.91. The summed E-state index contributed by atoms with van der Waals surface area (Å²) in [4.78, 5) is 26.3. The monoisotopic (exact) mass is 380 g/mol. The summed E-state index contributed by atoms with van der Waals surface area (Å²) in [6, 6.07) is 5.34. The lowest BCUT2D eigenvalue weighted by Crippen LogP contribution is -2.51. The van der Waals surface area contributed by atoms with Gasteiger partial charge >= 0.3 is 6.18 Å². The molecule has 27 heavy (non-hydrogen) atoms. The molecule has 1 fully saturated rings. The van der Waals surface area contributed by atoms with Crippen molar-refractivity contribution in [3.8, 4) is 0 Å². The second-order valence-corrected chi connectivity index (χ2v) is 6.49. The number of aryl methyl sites for hydroxylation is 1. The minimum absolute atomic E-state index is 0.0950. The van der Waals surface area contributed by atoms with Crippen molar-refractivity contribution in [2.24, 2.45) is 7.05 Å². The lowest BCUT2D eigenvalue weighted by Gasteiger charge is -2.39. The van der Waals surface area contributed by atoms with Crippen LogP contribution in [0.3, 0.4) is 0 Å². The van der Waals surface area contributed by atoms with Crippen LogP contribution in [0.5, 0.6) is 0 Å². The van der Waals surface area contributed by atoms with E-state index in [0.717, 1.165) is 12.1 Å². The summed E-state index contributed by atoms with van der Waals surface area (Å²) in [5.74, 6) is -0.912. The molecule has 0 radical (unpaired) electrons. The standard InChI is InChI=1S/C18H19F3N4O2/c1-24-15(26)8-7-13(16(24)14-9-10-22-25(14)2)23-17(27)11-5-3-4-6-12(11)18(19,20)21/h3-6,9-10,13,16H,7-8H2,1-2H3,(H,23,27)/t13-,16-/m0/s1. The number of nitrogens with zero attached hydrogens (tertiary/aromatic N) is 3. The van der Waals surface area contributed by atoms with Gasteiger partial charge in [0.15, 0.2) is 0 Å². The average molecular weight is 380 g/mol. The summed E-state index contributed by atoms with van der Waals surface area (Å²) >= 11 is 0. The number of alkyl halides is 3. The van der Waals surface area contributed by atoms with Crippen LogP contribution >= 0.6 is 0 Å². The second-order valence-electron chi connectivity index (χ2n) is 6.49. The highest BCUT2D eigenvalue weighted by atomic mass is 19.4. The Hall–Kier alpha value is -2.84. The Labute approximate surface area is 154 Å². The van der Waals surface area contributed by atoms with Crippen LogP contribution in [0.15, 0.2) is 36.5 Å². The summed E-state index contributed by atoms with van der Waals surface area (Å²) in [6.45, 7) is 0. The van der Waals surface area contributed by atoms with Crippen LogP contribution in [0.2, 0.25) is 0 Å². The van der Waals surface area contributed by atoms with E-state index in [0.29, 0.717) is 12.1 Å². The number of likely N-dealkylation sites (N-methyl/N-ethyl adjacent to an activating group) is 1. The number of carbonyl (C=O) groups is 2. The van der Waals surface area contributed by atoms with Crippen LogP contribution in [0.4, 0.5) is 13.2 Å². The van der Waals surface area contributed by atoms with E-state index in [2.05, 4.69) is 10.4 Å². The lowest BCUT2D eigenvalue weighted by molar-refractivity contribution is -0.138. The summed E-state index contributed by atoms with van der Waals surface area (Å²) < 4.78 is 41.2. The van der Waals surface area contributed by atoms with Crippen molar-refractivity contribution < 1.29 is 22.8 Å². The molecule has 2 heterocycles. The van der Waals surface area contributed by atoms with Crippen LogP contribution < -0.4 is 5.32 Å². The van der Waals surface area contributed by atoms with Crippen molar-refractivity contribution in [1.29, 1.82) is 0 Å². The molecule has 6 nitrogen and oxygen atoms in total. The van der Waals surface area contributed by atoms with Gasteiger partial charge in [-0.25, -0.2) is 0 Å². The van der Waals surface area contributed by atoms with E-state index >= 15 is 0 Å². The molecular weight excluding hydrogens is 361 g/mol. The number of benzene rings is 1. The number of halogens is 3. The Morgan fingerprint density at radius 1 is 1.22 bits per heavy atom. The number of aromatic nitrogens is 2. The first-order valence-electron chi connectivity index (χ1n) is 8.41. The van der Waals surface area contributed by atoms with Crippen molar-refractivity contribution in [3.63, 3.8) is 0 Å². The lowest BCUT2D eigenvalue weighted by atomic mass is 9.93. The van der Waals surface area contributed by atoms with E-state index < -0.39 is 35.3 Å². The summed E-state index contributed by atoms with van der Waals surface area (Å²) in [6.07, 6.45) is -2.52. The van der Waals surface area contributed by atoms with Gasteiger partial charge in [-0.1, -0.05) is 12.1 Å². The fourth-order valence-corrected chi connectivity index (χ4v) is 3.44. The minimum Gasteiger partial charge on any atom is -0.347 e. The van der Waals surface area contributed by atoms with Gasteiger partial charge in [-0.15, -0.1) is 0 Å². The molecule has 9 heteroatoms. The second kappa shape index (κ2) is 7.05. The Morgan fingerprint density at radius 2 is 1.93 bits per heavy atom. The number of rotatable bonds is 3. The van der Waals surface area contributed by atoms with Crippen LogP contribution in [-0.2, 0) is 18.0 Å². The molecule has 3 rings (SSSR count). The number of likely N-dealkylation sites (tertiary alicyclic amines) is 1. The molecule has 0 unspecified atom stereocenters. The van der Waals surface area contributed by atoms with E-state index in [4.69, 9.17) is 0 Å². The molecule has 0 aliphatic carbocycles. The summed E-state index contributed by atoms with van der Waals surface area (Å²) in [5.41, 5.74) is -0.729. The number of hydrogen-bond donors (Lipinski definition) is 1. The molecule has 1 aromatic heterocycles. The minimum atomic E-state index is -4.63. The molecule has 1 aliphatic rings. The molecule has 0 bridgehead atoms. The van der Waals surface area contributed by atoms with E-state index in [9.17, 15) is 22.8 Å². The number of hydrogen-bond acceptors (Lipinski definition) is 3. The number of carbonyl (C=O) groups excluding carboxylic acids is 2. The van der Waals surface area contributed by atoms with Crippen molar-refractivity contribution in [2.45, 2.75) is 31.1 Å². The fraction of sp³-hybridized carbons (Fsp3) is 0.389. The largest absolute Gasteiger partial charge is 0.417 e. The van der Waals surface area contributed by atoms with Crippen LogP contribution in [0.25, 0.3) is 0 Å². The third-order valence-corrected chi connectivity index (χ3v) is 4.82. The molecule has 1 aliphatic heterocycles. The molecule has 144 valence electrons. The zero-order valence-electron chi connectivity index (χ0n) is 14.8. The zero-order valence-corrected chi connectivity index (χ0v) is 14.8. The van der Waals surface area contributed by atoms with Gasteiger partial charge in [-0.05, 0) is 24.6 Å². The van der Waals surface area contributed by atoms with Crippen LogP contribution in [-0.4, -0.2) is 39.6 Å². The van der Waals surface area contributed by atoms with Gasteiger partial charge in [0.05, 0.1) is 28.9 Å². The number of piperidine rings is 1. The molecule has 2 atom stereocenters. The van der Waals surface area contributed by atoms with E-state index in [1.807, 2.05) is 0 Å². The highest BCUT2D eigenvalue weighted by Gasteiger charge is 2.39. The average Bonchev–Trinajstić information content (AvgIpc) is 3.03. The molecule has 1 N–H and O–H groups in total. The number of amides is 2. The summed E-state index contributed by atoms with van der Waals surface area (Å²) in [5, 5.41) is 6.78. The van der Waals surface area contributed by atoms with E-state index in [-0.39, 0.29) is 12.3 Å². The molecular formula is C18H19F3N4O2. The highest BCUT2D eigenvalue weighted by Crippen LogP contribution is 2.33. The van der Waals surface area contributed by atoms with Crippen LogP contribution in [0.1, 0.15) is 40.5 Å². The number of nitrogens with one attached hydrogen (secondary N) is 1. The first-order chi connectivity index (χ1) is 12.7. The van der Waals surface area contributed by atoms with E-state index in [1.165, 1.54) is 17.0 Å². The molecule has 2 amide bonds. The molecule has 2 aromatic rings. The van der Waals surface area contributed by atoms with Gasteiger partial charge in [0, 0.05) is 26.7 Å². The van der Waals surface area contributed by atoms with Gasteiger partial charge in [-0.3, -0.25) is 14.3 Å². The normalized spacial score (nSPS) is 20.6. The predicted octanol–water partition coefficient (Wildman–Crippen LogP) is 2.53. The third kappa shape index (κ3) is 3.67. The van der Waals surface area contributed by atoms with Crippen LogP contribution in [0, 0.1) is 0 Å². The maximum absolute atomic E-state index is 13.2. The van der Waals surface area contributed by atoms with Crippen molar-refractivity contribution >= 4 is 11.8 Å². The van der Waals surface area contributed by atoms with Gasteiger partial charge in [-0.2, -0.15) is 18.3 Å². The Bertz CT molecular complexity index is 862. The van der Waals surface area contributed by atoms with Gasteiger partial charge in [0.2, 0.25) is 5.91 Å². The first-order valence-corrected chi connectivity index (χ1v) is 8.41. The summed E-state index contributed by atoms with van der Waals surface area (Å²) in [7, 11) is 3.32. The molecule has 0 spiro atoms. The van der Waals surface area contributed by atoms with Gasteiger partial charge in [0.25, 0.3) is 5.91 Å². The van der Waals surface area contributed by atoms with Crippen molar-refractivity contribution in [1.82, 2.24) is 20.0 Å². The maximum Gasteiger partial charge on any atom is 0.417 e. The zero-order chi connectivity index (χ0) is 19.8. The SMILES string of the molecule is CN1C(=O)CC[C@H](NC(=O)c2ccccc2C(F)(F)F)[C@H]1c1ccnn1C. The predicted molar refractivity (Wildman–Crippen MR) is 90.7 cm³/mol. The molecule has 1 saturated heterocycles. The molecule has 0 saturated carbocycles. The van der Waals surface area contributed by atoms with E-state index in [1.54, 1.807) is 31.0 Å². The van der Waals surface area contributed by atoms with Crippen molar-refractivity contribution in [3.05, 3.63) is 53.3 Å². The third-order valence-electron chi connectivity index (χ3n) is 4.82. The van der Waals surface area contributed by atoms with Crippen molar-refractivity contribution in [2.75, 3.05) is 7.05 Å². The maximum atomic E-state index is 13.2. The highest BCUT2D eigenvalue weighted by molar-refractivity contribution is 5.96. The fourth-order valence-electron chi connectivity index (χ4n) is 3.44. The smallest absolute Gasteiger partial charge is 0.347 e. The first kappa shape index (κ1) is 18.9. The topological polar surface area (TPSA) is 67.2 Å². The Kier molecular flexibility index (Phi) is 4.95. The molecule has 1 aromatic carbocycles.